The number of halogens is 4. The van der Waals surface area contributed by atoms with Gasteiger partial charge in [-0.1, -0.05) is 30.2 Å². The van der Waals surface area contributed by atoms with Gasteiger partial charge in [-0.05, 0) is 50.3 Å². The van der Waals surface area contributed by atoms with Crippen molar-refractivity contribution in [2.75, 3.05) is 0 Å². The summed E-state index contributed by atoms with van der Waals surface area (Å²) in [6.07, 6.45) is -1.35. The van der Waals surface area contributed by atoms with E-state index >= 15 is 0 Å². The summed E-state index contributed by atoms with van der Waals surface area (Å²) in [6.45, 7) is 2.01. The van der Waals surface area contributed by atoms with Crippen molar-refractivity contribution in [2.45, 2.75) is 57.3 Å². The van der Waals surface area contributed by atoms with E-state index in [1.54, 1.807) is 0 Å². The van der Waals surface area contributed by atoms with Crippen molar-refractivity contribution in [3.05, 3.63) is 34.9 Å². The maximum atomic E-state index is 12.8. The summed E-state index contributed by atoms with van der Waals surface area (Å²) >= 11 is 5.94. The number of rotatable bonds is 4. The molecule has 0 radical (unpaired) electrons. The molecule has 0 bridgehead atoms. The van der Waals surface area contributed by atoms with Crippen molar-refractivity contribution in [1.29, 1.82) is 0 Å². The zero-order valence-corrected chi connectivity index (χ0v) is 12.8. The second-order valence-electron chi connectivity index (χ2n) is 6.00. The fourth-order valence-corrected chi connectivity index (χ4v) is 3.33. The molecule has 0 heterocycles. The van der Waals surface area contributed by atoms with Crippen molar-refractivity contribution in [1.82, 2.24) is 5.32 Å². The molecule has 1 nitrogen and oxygen atoms in total. The maximum Gasteiger partial charge on any atom is 0.391 e. The maximum absolute atomic E-state index is 12.8. The van der Waals surface area contributed by atoms with Crippen LogP contribution < -0.4 is 5.32 Å². The minimum Gasteiger partial charge on any atom is -0.311 e. The molecule has 1 fully saturated rings. The highest BCUT2D eigenvalue weighted by molar-refractivity contribution is 6.30. The molecule has 1 aliphatic carbocycles. The van der Waals surface area contributed by atoms with Gasteiger partial charge in [0.2, 0.25) is 0 Å². The molecule has 0 aromatic heterocycles. The predicted molar refractivity (Wildman–Crippen MR) is 79.6 cm³/mol. The molecular weight excluding hydrogens is 299 g/mol. The van der Waals surface area contributed by atoms with Crippen LogP contribution in [0.15, 0.2) is 24.3 Å². The molecule has 1 aromatic carbocycles. The number of nitrogens with one attached hydrogen (secondary N) is 1. The van der Waals surface area contributed by atoms with Crippen LogP contribution in [0.2, 0.25) is 5.02 Å². The summed E-state index contributed by atoms with van der Waals surface area (Å²) in [4.78, 5) is 0. The largest absolute Gasteiger partial charge is 0.391 e. The average molecular weight is 320 g/mol. The predicted octanol–water partition coefficient (Wildman–Crippen LogP) is 4.98. The van der Waals surface area contributed by atoms with E-state index < -0.39 is 12.1 Å². The Kier molecular flexibility index (Phi) is 5.55. The minimum atomic E-state index is -4.06. The summed E-state index contributed by atoms with van der Waals surface area (Å²) in [5.74, 6) is -1.15. The highest BCUT2D eigenvalue weighted by Gasteiger charge is 2.42. The zero-order chi connectivity index (χ0) is 15.5. The van der Waals surface area contributed by atoms with Crippen LogP contribution >= 0.6 is 11.6 Å². The summed E-state index contributed by atoms with van der Waals surface area (Å²) in [7, 11) is 0. The highest BCUT2D eigenvalue weighted by atomic mass is 35.5. The lowest BCUT2D eigenvalue weighted by Gasteiger charge is -2.33. The van der Waals surface area contributed by atoms with Crippen LogP contribution in [0.25, 0.3) is 0 Å². The number of hydrogen-bond acceptors (Lipinski definition) is 1. The van der Waals surface area contributed by atoms with Crippen molar-refractivity contribution >= 4 is 11.6 Å². The Bertz CT molecular complexity index is 461. The third-order valence-electron chi connectivity index (χ3n) is 4.09. The Morgan fingerprint density at radius 1 is 1.33 bits per heavy atom. The molecule has 0 spiro atoms. The lowest BCUT2D eigenvalue weighted by atomic mass is 9.85. The molecule has 3 atom stereocenters. The van der Waals surface area contributed by atoms with E-state index in [2.05, 4.69) is 5.32 Å². The van der Waals surface area contributed by atoms with E-state index in [-0.39, 0.29) is 24.9 Å². The Balaban J connectivity index is 1.86. The molecule has 0 amide bonds. The second-order valence-corrected chi connectivity index (χ2v) is 6.44. The molecule has 1 N–H and O–H groups in total. The second kappa shape index (κ2) is 7.01. The monoisotopic (exact) mass is 319 g/mol. The zero-order valence-electron chi connectivity index (χ0n) is 12.1. The van der Waals surface area contributed by atoms with Gasteiger partial charge in [-0.15, -0.1) is 0 Å². The Hall–Kier alpha value is -0.740. The van der Waals surface area contributed by atoms with Gasteiger partial charge in [0, 0.05) is 17.1 Å². The third-order valence-corrected chi connectivity index (χ3v) is 4.32. The van der Waals surface area contributed by atoms with Crippen molar-refractivity contribution in [3.63, 3.8) is 0 Å². The molecule has 1 aliphatic rings. The normalized spacial score (nSPS) is 24.8. The van der Waals surface area contributed by atoms with E-state index in [1.165, 1.54) is 0 Å². The van der Waals surface area contributed by atoms with Gasteiger partial charge in [0.05, 0.1) is 5.92 Å². The van der Waals surface area contributed by atoms with Crippen molar-refractivity contribution < 1.29 is 13.2 Å². The standard InChI is InChI=1S/C16H21ClF3N/c1-11(8-12-4-2-6-14(17)9-12)21-15-7-3-5-13(10-15)16(18,19)20/h2,4,6,9,11,13,15,21H,3,5,7-8,10H2,1H3. The van der Waals surface area contributed by atoms with E-state index in [0.717, 1.165) is 18.4 Å². The van der Waals surface area contributed by atoms with E-state index in [9.17, 15) is 13.2 Å². The van der Waals surface area contributed by atoms with Gasteiger partial charge < -0.3 is 5.32 Å². The van der Waals surface area contributed by atoms with Crippen molar-refractivity contribution in [3.8, 4) is 0 Å². The van der Waals surface area contributed by atoms with Crippen LogP contribution in [0.4, 0.5) is 13.2 Å². The number of benzene rings is 1. The van der Waals surface area contributed by atoms with Gasteiger partial charge in [-0.25, -0.2) is 0 Å². The van der Waals surface area contributed by atoms with Gasteiger partial charge >= 0.3 is 6.18 Å². The molecule has 1 saturated carbocycles. The van der Waals surface area contributed by atoms with Crippen LogP contribution in [-0.4, -0.2) is 18.3 Å². The Morgan fingerprint density at radius 2 is 2.10 bits per heavy atom. The van der Waals surface area contributed by atoms with E-state index in [0.29, 0.717) is 11.4 Å². The average Bonchev–Trinajstić information content (AvgIpc) is 2.37. The molecule has 2 rings (SSSR count). The lowest BCUT2D eigenvalue weighted by Crippen LogP contribution is -2.43. The molecule has 0 saturated heterocycles. The minimum absolute atomic E-state index is 0.0421. The lowest BCUT2D eigenvalue weighted by molar-refractivity contribution is -0.183. The summed E-state index contributed by atoms with van der Waals surface area (Å²) in [6, 6.07) is 7.70. The van der Waals surface area contributed by atoms with E-state index in [1.807, 2.05) is 31.2 Å². The number of alkyl halides is 3. The van der Waals surface area contributed by atoms with E-state index in [4.69, 9.17) is 11.6 Å². The van der Waals surface area contributed by atoms with Gasteiger partial charge in [-0.3, -0.25) is 0 Å². The fraction of sp³-hybridized carbons (Fsp3) is 0.625. The fourth-order valence-electron chi connectivity index (χ4n) is 3.12. The van der Waals surface area contributed by atoms with Crippen LogP contribution in [0.1, 0.15) is 38.2 Å². The van der Waals surface area contributed by atoms with Gasteiger partial charge in [0.1, 0.15) is 0 Å². The molecule has 3 unspecified atom stereocenters. The summed E-state index contributed by atoms with van der Waals surface area (Å²) < 4.78 is 38.4. The van der Waals surface area contributed by atoms with Crippen LogP contribution in [0.3, 0.4) is 0 Å². The van der Waals surface area contributed by atoms with Crippen LogP contribution in [-0.2, 0) is 6.42 Å². The van der Waals surface area contributed by atoms with Crippen LogP contribution in [0, 0.1) is 5.92 Å². The topological polar surface area (TPSA) is 12.0 Å². The smallest absolute Gasteiger partial charge is 0.311 e. The first kappa shape index (κ1) is 16.6. The summed E-state index contributed by atoms with van der Waals surface area (Å²) in [5, 5.41) is 4.04. The first-order valence-corrected chi connectivity index (χ1v) is 7.79. The number of hydrogen-bond donors (Lipinski definition) is 1. The molecule has 21 heavy (non-hydrogen) atoms. The Morgan fingerprint density at radius 3 is 2.76 bits per heavy atom. The SMILES string of the molecule is CC(Cc1cccc(Cl)c1)NC1CCCC(C(F)(F)F)C1. The summed E-state index contributed by atoms with van der Waals surface area (Å²) in [5.41, 5.74) is 1.10. The molecule has 0 aliphatic heterocycles. The highest BCUT2D eigenvalue weighted by Crippen LogP contribution is 2.37. The van der Waals surface area contributed by atoms with Gasteiger partial charge in [0.15, 0.2) is 0 Å². The first-order valence-electron chi connectivity index (χ1n) is 7.42. The first-order chi connectivity index (χ1) is 9.84. The molecule has 1 aromatic rings. The quantitative estimate of drug-likeness (QED) is 0.825. The third kappa shape index (κ3) is 5.19. The molecule has 5 heteroatoms. The van der Waals surface area contributed by atoms with Crippen LogP contribution in [0.5, 0.6) is 0 Å². The molecule has 118 valence electrons. The van der Waals surface area contributed by atoms with Gasteiger partial charge in [-0.2, -0.15) is 13.2 Å². The van der Waals surface area contributed by atoms with Gasteiger partial charge in [0.25, 0.3) is 0 Å². The van der Waals surface area contributed by atoms with Crippen molar-refractivity contribution in [2.24, 2.45) is 5.92 Å². The Labute approximate surface area is 128 Å². The molecular formula is C16H21ClF3N.